The Hall–Kier alpha value is -1.63. The summed E-state index contributed by atoms with van der Waals surface area (Å²) >= 11 is 5.04. The topological polar surface area (TPSA) is 73.1 Å². The van der Waals surface area contributed by atoms with Crippen LogP contribution in [0.15, 0.2) is 6.07 Å². The van der Waals surface area contributed by atoms with Crippen LogP contribution in [0.25, 0.3) is 0 Å². The summed E-state index contributed by atoms with van der Waals surface area (Å²) in [7, 11) is 0. The molecule has 0 saturated carbocycles. The fourth-order valence-corrected chi connectivity index (χ4v) is 1.33. The minimum absolute atomic E-state index is 0.0966. The van der Waals surface area contributed by atoms with E-state index in [-0.39, 0.29) is 5.56 Å². The van der Waals surface area contributed by atoms with Crippen molar-refractivity contribution in [2.45, 2.75) is 13.3 Å². The second-order valence-corrected chi connectivity index (χ2v) is 3.23. The van der Waals surface area contributed by atoms with Crippen molar-refractivity contribution < 1.29 is 18.5 Å². The summed E-state index contributed by atoms with van der Waals surface area (Å²) in [4.78, 5) is 23.6. The molecular formula is C8H5ClF2N2O3. The SMILES string of the molecule is Cc1cc([N+](=O)[O-])nc(C(=O)Cl)c1C(F)F. The number of rotatable bonds is 3. The fourth-order valence-electron chi connectivity index (χ4n) is 1.18. The third kappa shape index (κ3) is 2.30. The molecule has 16 heavy (non-hydrogen) atoms. The summed E-state index contributed by atoms with van der Waals surface area (Å²) in [6, 6.07) is 0.866. The molecule has 0 aliphatic carbocycles. The number of hydrogen-bond donors (Lipinski definition) is 0. The number of nitro groups is 1. The molecule has 86 valence electrons. The van der Waals surface area contributed by atoms with E-state index in [4.69, 9.17) is 11.6 Å². The maximum absolute atomic E-state index is 12.6. The molecule has 0 amide bonds. The Morgan fingerprint density at radius 3 is 2.56 bits per heavy atom. The highest BCUT2D eigenvalue weighted by molar-refractivity contribution is 6.67. The van der Waals surface area contributed by atoms with E-state index < -0.39 is 33.7 Å². The van der Waals surface area contributed by atoms with Crippen LogP contribution in [0.2, 0.25) is 0 Å². The lowest BCUT2D eigenvalue weighted by atomic mass is 10.1. The van der Waals surface area contributed by atoms with Crippen LogP contribution in [-0.2, 0) is 0 Å². The van der Waals surface area contributed by atoms with Gasteiger partial charge in [0.05, 0.1) is 5.56 Å². The van der Waals surface area contributed by atoms with Gasteiger partial charge in [-0.2, -0.15) is 0 Å². The molecule has 0 spiro atoms. The van der Waals surface area contributed by atoms with Gasteiger partial charge in [0.1, 0.15) is 0 Å². The molecule has 8 heteroatoms. The van der Waals surface area contributed by atoms with Crippen molar-refractivity contribution in [2.75, 3.05) is 0 Å². The van der Waals surface area contributed by atoms with E-state index in [1.165, 1.54) is 6.92 Å². The smallest absolute Gasteiger partial charge is 0.358 e. The lowest BCUT2D eigenvalue weighted by Gasteiger charge is -2.05. The predicted molar refractivity (Wildman–Crippen MR) is 50.8 cm³/mol. The first-order valence-electron chi connectivity index (χ1n) is 3.98. The Morgan fingerprint density at radius 1 is 1.62 bits per heavy atom. The van der Waals surface area contributed by atoms with Crippen molar-refractivity contribution in [3.05, 3.63) is 33.0 Å². The average Bonchev–Trinajstić information content (AvgIpc) is 2.15. The number of aryl methyl sites for hydroxylation is 1. The predicted octanol–water partition coefficient (Wildman–Crippen LogP) is 2.61. The van der Waals surface area contributed by atoms with Gasteiger partial charge in [-0.25, -0.2) is 8.78 Å². The second-order valence-electron chi connectivity index (χ2n) is 2.89. The Morgan fingerprint density at radius 2 is 2.19 bits per heavy atom. The number of nitrogens with zero attached hydrogens (tertiary/aromatic N) is 2. The van der Waals surface area contributed by atoms with E-state index in [0.29, 0.717) is 0 Å². The molecule has 5 nitrogen and oxygen atoms in total. The number of halogens is 3. The second kappa shape index (κ2) is 4.48. The third-order valence-corrected chi connectivity index (χ3v) is 2.02. The summed E-state index contributed by atoms with van der Waals surface area (Å²) in [6.07, 6.45) is -2.97. The van der Waals surface area contributed by atoms with Crippen molar-refractivity contribution >= 4 is 22.7 Å². The maximum Gasteiger partial charge on any atom is 0.364 e. The Bertz CT molecular complexity index is 465. The van der Waals surface area contributed by atoms with Crippen LogP contribution in [0.3, 0.4) is 0 Å². The molecule has 1 aromatic heterocycles. The van der Waals surface area contributed by atoms with Gasteiger partial charge < -0.3 is 10.1 Å². The van der Waals surface area contributed by atoms with Gasteiger partial charge in [-0.15, -0.1) is 0 Å². The molecule has 1 rings (SSSR count). The van der Waals surface area contributed by atoms with Crippen LogP contribution >= 0.6 is 11.6 Å². The number of aromatic nitrogens is 1. The van der Waals surface area contributed by atoms with Crippen LogP contribution in [0.5, 0.6) is 0 Å². The summed E-state index contributed by atoms with van der Waals surface area (Å²) in [5, 5.41) is 9.16. The van der Waals surface area contributed by atoms with E-state index >= 15 is 0 Å². The first-order valence-corrected chi connectivity index (χ1v) is 4.36. The number of carbonyl (C=O) groups is 1. The van der Waals surface area contributed by atoms with Crippen molar-refractivity contribution in [2.24, 2.45) is 0 Å². The van der Waals surface area contributed by atoms with Crippen molar-refractivity contribution in [3.63, 3.8) is 0 Å². The minimum Gasteiger partial charge on any atom is -0.358 e. The number of carbonyl (C=O) groups excluding carboxylic acids is 1. The highest BCUT2D eigenvalue weighted by Crippen LogP contribution is 2.28. The van der Waals surface area contributed by atoms with Crippen LogP contribution < -0.4 is 0 Å². The summed E-state index contributed by atoms with van der Waals surface area (Å²) < 4.78 is 25.1. The van der Waals surface area contributed by atoms with Crippen molar-refractivity contribution in [3.8, 4) is 0 Å². The first-order chi connectivity index (χ1) is 7.34. The van der Waals surface area contributed by atoms with Gasteiger partial charge in [0.2, 0.25) is 5.69 Å². The van der Waals surface area contributed by atoms with Crippen LogP contribution in [0, 0.1) is 17.0 Å². The van der Waals surface area contributed by atoms with Crippen molar-refractivity contribution in [1.29, 1.82) is 0 Å². The lowest BCUT2D eigenvalue weighted by molar-refractivity contribution is -0.389. The molecule has 0 bridgehead atoms. The van der Waals surface area contributed by atoms with Crippen LogP contribution in [0.4, 0.5) is 14.6 Å². The standard InChI is InChI=1S/C8H5ClF2N2O3/c1-3-2-4(13(15)16)12-6(7(9)14)5(3)8(10)11/h2,8H,1H3. The molecule has 0 saturated heterocycles. The monoisotopic (exact) mass is 250 g/mol. The molecule has 0 unspecified atom stereocenters. The fraction of sp³-hybridized carbons (Fsp3) is 0.250. The molecule has 0 atom stereocenters. The van der Waals surface area contributed by atoms with E-state index in [1.54, 1.807) is 0 Å². The first kappa shape index (κ1) is 12.4. The van der Waals surface area contributed by atoms with Gasteiger partial charge in [-0.05, 0) is 34.0 Å². The highest BCUT2D eigenvalue weighted by atomic mass is 35.5. The van der Waals surface area contributed by atoms with E-state index in [9.17, 15) is 23.7 Å². The Balaban J connectivity index is 3.52. The Labute approximate surface area is 93.2 Å². The molecule has 0 radical (unpaired) electrons. The van der Waals surface area contributed by atoms with Crippen LogP contribution in [0.1, 0.15) is 28.0 Å². The summed E-state index contributed by atoms with van der Waals surface area (Å²) in [5.41, 5.74) is -1.55. The zero-order valence-electron chi connectivity index (χ0n) is 7.91. The van der Waals surface area contributed by atoms with Gasteiger partial charge in [0.25, 0.3) is 11.7 Å². The molecule has 1 heterocycles. The summed E-state index contributed by atoms with van der Waals surface area (Å²) in [5.74, 6) is -0.689. The van der Waals surface area contributed by atoms with Gasteiger partial charge >= 0.3 is 5.82 Å². The molecule has 0 N–H and O–H groups in total. The van der Waals surface area contributed by atoms with Gasteiger partial charge in [-0.1, -0.05) is 0 Å². The molecule has 0 fully saturated rings. The van der Waals surface area contributed by atoms with Gasteiger partial charge in [0.15, 0.2) is 0 Å². The van der Waals surface area contributed by atoms with Crippen LogP contribution in [-0.4, -0.2) is 15.1 Å². The molecule has 0 aliphatic rings. The Kier molecular flexibility index (Phi) is 3.48. The lowest BCUT2D eigenvalue weighted by Crippen LogP contribution is -2.07. The molecule has 1 aromatic rings. The van der Waals surface area contributed by atoms with E-state index in [0.717, 1.165) is 6.07 Å². The number of alkyl halides is 2. The average molecular weight is 251 g/mol. The number of pyridine rings is 1. The zero-order valence-corrected chi connectivity index (χ0v) is 8.66. The molecule has 0 aliphatic heterocycles. The highest BCUT2D eigenvalue weighted by Gasteiger charge is 2.28. The molecule has 0 aromatic carbocycles. The maximum atomic E-state index is 12.6. The molecular weight excluding hydrogens is 246 g/mol. The van der Waals surface area contributed by atoms with Crippen molar-refractivity contribution in [1.82, 2.24) is 4.98 Å². The van der Waals surface area contributed by atoms with Gasteiger partial charge in [0, 0.05) is 6.07 Å². The summed E-state index contributed by atoms with van der Waals surface area (Å²) in [6.45, 7) is 1.22. The largest absolute Gasteiger partial charge is 0.364 e. The number of hydrogen-bond acceptors (Lipinski definition) is 4. The van der Waals surface area contributed by atoms with E-state index in [1.807, 2.05) is 0 Å². The zero-order chi connectivity index (χ0) is 12.5. The quantitative estimate of drug-likeness (QED) is 0.469. The normalized spacial score (nSPS) is 10.6. The third-order valence-electron chi connectivity index (χ3n) is 1.84. The van der Waals surface area contributed by atoms with Gasteiger partial charge in [-0.3, -0.25) is 4.79 Å². The minimum atomic E-state index is -2.97. The van der Waals surface area contributed by atoms with E-state index in [2.05, 4.69) is 4.98 Å².